The largest absolute Gasteiger partial charge is 0.497 e. The lowest BCUT2D eigenvalue weighted by Gasteiger charge is -1.99. The number of nitrogens with zero attached hydrogens (tertiary/aromatic N) is 1. The van der Waals surface area contributed by atoms with Crippen LogP contribution in [0, 0.1) is 11.3 Å². The number of allylic oxidation sites excluding steroid dienone is 2. The molecule has 0 aliphatic carbocycles. The molecule has 0 N–H and O–H groups in total. The molecule has 0 fully saturated rings. The molecular weight excluding hydrogens is 242 g/mol. The number of carbonyl (C=O) groups is 1. The highest BCUT2D eigenvalue weighted by molar-refractivity contribution is 5.93. The highest BCUT2D eigenvalue weighted by Gasteiger charge is 2.07. The molecule has 1 rings (SSSR count). The number of hydrogen-bond acceptors (Lipinski definition) is 4. The third kappa shape index (κ3) is 4.68. The van der Waals surface area contributed by atoms with Crippen LogP contribution in [-0.4, -0.2) is 19.7 Å². The van der Waals surface area contributed by atoms with Gasteiger partial charge in [-0.15, -0.1) is 0 Å². The molecule has 1 aromatic carbocycles. The van der Waals surface area contributed by atoms with Crippen LogP contribution in [0.3, 0.4) is 0 Å². The summed E-state index contributed by atoms with van der Waals surface area (Å²) < 4.78 is 9.80. The lowest BCUT2D eigenvalue weighted by Crippen LogP contribution is -2.05. The minimum absolute atomic E-state index is 0.0217. The van der Waals surface area contributed by atoms with Crippen LogP contribution in [0.4, 0.5) is 0 Å². The first-order valence-electron chi connectivity index (χ1n) is 5.81. The van der Waals surface area contributed by atoms with E-state index in [1.54, 1.807) is 32.3 Å². The lowest BCUT2D eigenvalue weighted by molar-refractivity contribution is -0.138. The summed E-state index contributed by atoms with van der Waals surface area (Å²) in [6, 6.07) is 9.22. The number of rotatable bonds is 5. The van der Waals surface area contributed by atoms with E-state index in [-0.39, 0.29) is 12.2 Å². The second kappa shape index (κ2) is 7.72. The number of esters is 1. The first-order valence-corrected chi connectivity index (χ1v) is 5.81. The quantitative estimate of drug-likeness (QED) is 0.352. The molecule has 0 spiro atoms. The average molecular weight is 257 g/mol. The predicted octanol–water partition coefficient (Wildman–Crippen LogP) is 2.72. The Balaban J connectivity index is 2.74. The minimum Gasteiger partial charge on any atom is -0.497 e. The van der Waals surface area contributed by atoms with E-state index in [4.69, 9.17) is 14.7 Å². The van der Waals surface area contributed by atoms with Crippen LogP contribution >= 0.6 is 0 Å². The SMILES string of the molecule is CCOC(=O)/C(C#N)=C\C=C\c1ccc(OC)cc1. The summed E-state index contributed by atoms with van der Waals surface area (Å²) in [6.45, 7) is 1.94. The number of methoxy groups -OCH3 is 1. The van der Waals surface area contributed by atoms with Crippen molar-refractivity contribution >= 4 is 12.0 Å². The zero-order chi connectivity index (χ0) is 14.1. The van der Waals surface area contributed by atoms with E-state index in [0.29, 0.717) is 0 Å². The summed E-state index contributed by atoms with van der Waals surface area (Å²) in [5, 5.41) is 8.82. The molecule has 0 atom stereocenters. The highest BCUT2D eigenvalue weighted by Crippen LogP contribution is 2.12. The molecular formula is C15H15NO3. The van der Waals surface area contributed by atoms with Gasteiger partial charge >= 0.3 is 5.97 Å². The van der Waals surface area contributed by atoms with Crippen LogP contribution in [0.1, 0.15) is 12.5 Å². The molecule has 98 valence electrons. The van der Waals surface area contributed by atoms with Crippen molar-refractivity contribution in [3.05, 3.63) is 47.6 Å². The molecule has 0 aliphatic rings. The van der Waals surface area contributed by atoms with Crippen molar-refractivity contribution in [3.8, 4) is 11.8 Å². The van der Waals surface area contributed by atoms with Crippen molar-refractivity contribution in [1.29, 1.82) is 5.26 Å². The Hall–Kier alpha value is -2.54. The molecule has 4 heteroatoms. The minimum atomic E-state index is -0.607. The van der Waals surface area contributed by atoms with Crippen molar-refractivity contribution in [2.24, 2.45) is 0 Å². The standard InChI is InChI=1S/C15H15NO3/c1-3-19-15(17)13(11-16)6-4-5-12-7-9-14(18-2)10-8-12/h4-10H,3H2,1-2H3/b5-4+,13-6-. The third-order valence-electron chi connectivity index (χ3n) is 2.28. The number of ether oxygens (including phenoxy) is 2. The molecule has 19 heavy (non-hydrogen) atoms. The predicted molar refractivity (Wildman–Crippen MR) is 72.4 cm³/mol. The smallest absolute Gasteiger partial charge is 0.348 e. The Labute approximate surface area is 112 Å². The Morgan fingerprint density at radius 1 is 1.37 bits per heavy atom. The fourth-order valence-corrected chi connectivity index (χ4v) is 1.33. The van der Waals surface area contributed by atoms with Crippen LogP contribution in [0.25, 0.3) is 6.08 Å². The number of nitriles is 1. The van der Waals surface area contributed by atoms with E-state index in [2.05, 4.69) is 0 Å². The van der Waals surface area contributed by atoms with E-state index in [9.17, 15) is 4.79 Å². The molecule has 0 saturated heterocycles. The van der Waals surface area contributed by atoms with Gasteiger partial charge in [0.2, 0.25) is 0 Å². The molecule has 0 bridgehead atoms. The van der Waals surface area contributed by atoms with E-state index in [1.807, 2.05) is 24.3 Å². The zero-order valence-corrected chi connectivity index (χ0v) is 10.9. The van der Waals surface area contributed by atoms with Gasteiger partial charge in [0.25, 0.3) is 0 Å². The maximum atomic E-state index is 11.3. The van der Waals surface area contributed by atoms with Crippen molar-refractivity contribution in [1.82, 2.24) is 0 Å². The van der Waals surface area contributed by atoms with Gasteiger partial charge in [0, 0.05) is 0 Å². The summed E-state index contributed by atoms with van der Waals surface area (Å²) in [4.78, 5) is 11.3. The Kier molecular flexibility index (Phi) is 5.90. The van der Waals surface area contributed by atoms with Gasteiger partial charge in [-0.3, -0.25) is 0 Å². The van der Waals surface area contributed by atoms with Crippen LogP contribution < -0.4 is 4.74 Å². The van der Waals surface area contributed by atoms with Gasteiger partial charge in [-0.1, -0.05) is 24.3 Å². The normalized spacial score (nSPS) is 11.1. The van der Waals surface area contributed by atoms with Gasteiger partial charge in [0.05, 0.1) is 13.7 Å². The monoisotopic (exact) mass is 257 g/mol. The molecule has 0 aliphatic heterocycles. The van der Waals surface area contributed by atoms with Gasteiger partial charge < -0.3 is 9.47 Å². The van der Waals surface area contributed by atoms with Gasteiger partial charge in [-0.05, 0) is 30.7 Å². The van der Waals surface area contributed by atoms with Crippen LogP contribution in [0.15, 0.2) is 42.0 Å². The third-order valence-corrected chi connectivity index (χ3v) is 2.28. The molecule has 0 aromatic heterocycles. The summed E-state index contributed by atoms with van der Waals surface area (Å²) in [7, 11) is 1.60. The summed E-state index contributed by atoms with van der Waals surface area (Å²) >= 11 is 0. The Morgan fingerprint density at radius 3 is 2.58 bits per heavy atom. The first kappa shape index (κ1) is 14.5. The van der Waals surface area contributed by atoms with E-state index < -0.39 is 5.97 Å². The molecule has 0 radical (unpaired) electrons. The fraction of sp³-hybridized carbons (Fsp3) is 0.200. The van der Waals surface area contributed by atoms with Gasteiger partial charge in [-0.2, -0.15) is 5.26 Å². The van der Waals surface area contributed by atoms with Gasteiger partial charge in [-0.25, -0.2) is 4.79 Å². The van der Waals surface area contributed by atoms with Crippen molar-refractivity contribution in [2.45, 2.75) is 6.92 Å². The first-order chi connectivity index (χ1) is 9.21. The van der Waals surface area contributed by atoms with E-state index in [0.717, 1.165) is 11.3 Å². The number of hydrogen-bond donors (Lipinski definition) is 0. The molecule has 0 saturated carbocycles. The maximum Gasteiger partial charge on any atom is 0.348 e. The fourth-order valence-electron chi connectivity index (χ4n) is 1.33. The number of benzene rings is 1. The second-order valence-corrected chi connectivity index (χ2v) is 3.54. The van der Waals surface area contributed by atoms with Crippen LogP contribution in [0.2, 0.25) is 0 Å². The maximum absolute atomic E-state index is 11.3. The molecule has 0 unspecified atom stereocenters. The molecule has 1 aromatic rings. The highest BCUT2D eigenvalue weighted by atomic mass is 16.5. The zero-order valence-electron chi connectivity index (χ0n) is 10.9. The summed E-state index contributed by atoms with van der Waals surface area (Å²) in [5.74, 6) is 0.168. The average Bonchev–Trinajstić information content (AvgIpc) is 2.44. The van der Waals surface area contributed by atoms with Crippen LogP contribution in [-0.2, 0) is 9.53 Å². The Morgan fingerprint density at radius 2 is 2.05 bits per heavy atom. The Bertz CT molecular complexity index is 521. The summed E-state index contributed by atoms with van der Waals surface area (Å²) in [5.41, 5.74) is 0.921. The van der Waals surface area contributed by atoms with E-state index in [1.165, 1.54) is 6.08 Å². The number of carbonyl (C=O) groups excluding carboxylic acids is 1. The summed E-state index contributed by atoms with van der Waals surface area (Å²) in [6.07, 6.45) is 4.86. The topological polar surface area (TPSA) is 59.3 Å². The second-order valence-electron chi connectivity index (χ2n) is 3.54. The lowest BCUT2D eigenvalue weighted by atomic mass is 10.2. The van der Waals surface area contributed by atoms with Crippen LogP contribution in [0.5, 0.6) is 5.75 Å². The molecule has 0 heterocycles. The van der Waals surface area contributed by atoms with Crippen molar-refractivity contribution in [3.63, 3.8) is 0 Å². The molecule has 4 nitrogen and oxygen atoms in total. The van der Waals surface area contributed by atoms with Crippen molar-refractivity contribution < 1.29 is 14.3 Å². The molecule has 0 amide bonds. The van der Waals surface area contributed by atoms with E-state index >= 15 is 0 Å². The van der Waals surface area contributed by atoms with Crippen molar-refractivity contribution in [2.75, 3.05) is 13.7 Å². The van der Waals surface area contributed by atoms with Gasteiger partial charge in [0.1, 0.15) is 17.4 Å². The van der Waals surface area contributed by atoms with Gasteiger partial charge in [0.15, 0.2) is 0 Å².